The van der Waals surface area contributed by atoms with E-state index in [1.807, 2.05) is 0 Å². The summed E-state index contributed by atoms with van der Waals surface area (Å²) in [5, 5.41) is 4.34. The number of aromatic amines is 1. The molecule has 0 spiro atoms. The van der Waals surface area contributed by atoms with Gasteiger partial charge in [-0.15, -0.1) is 0 Å². The largest absolute Gasteiger partial charge is 0.451 e. The maximum absolute atomic E-state index is 11.9. The third-order valence-electron chi connectivity index (χ3n) is 6.03. The summed E-state index contributed by atoms with van der Waals surface area (Å²) in [6.07, 6.45) is 4.89. The smallest absolute Gasteiger partial charge is 0.355 e. The Labute approximate surface area is 149 Å². The molecule has 2 atom stereocenters. The molecule has 130 valence electrons. The van der Waals surface area contributed by atoms with Crippen LogP contribution in [0, 0.1) is 16.7 Å². The molecule has 0 aromatic carbocycles. The third kappa shape index (κ3) is 2.79. The van der Waals surface area contributed by atoms with Crippen molar-refractivity contribution in [1.82, 2.24) is 10.4 Å². The highest BCUT2D eigenvalue weighted by Crippen LogP contribution is 2.63. The molecule has 6 nitrogen and oxygen atoms in total. The Morgan fingerprint density at radius 3 is 2.75 bits per heavy atom. The number of halogens is 1. The van der Waals surface area contributed by atoms with E-state index in [0.717, 1.165) is 23.0 Å². The van der Waals surface area contributed by atoms with Gasteiger partial charge in [-0.25, -0.2) is 10.2 Å². The molecule has 0 radical (unpaired) electrons. The minimum absolute atomic E-state index is 0.0398. The molecule has 1 amide bonds. The number of carbonyl (C=O) groups is 2. The number of hydrazone groups is 1. The van der Waals surface area contributed by atoms with Gasteiger partial charge >= 0.3 is 5.97 Å². The summed E-state index contributed by atoms with van der Waals surface area (Å²) < 4.78 is 5.72. The lowest BCUT2D eigenvalue weighted by Crippen LogP contribution is -2.34. The second-order valence-corrected chi connectivity index (χ2v) is 8.31. The van der Waals surface area contributed by atoms with E-state index in [4.69, 9.17) is 4.74 Å². The summed E-state index contributed by atoms with van der Waals surface area (Å²) in [7, 11) is 0. The van der Waals surface area contributed by atoms with Gasteiger partial charge in [0.15, 0.2) is 6.61 Å². The molecule has 2 saturated carbocycles. The van der Waals surface area contributed by atoms with Crippen LogP contribution < -0.4 is 5.43 Å². The normalized spacial score (nSPS) is 29.0. The van der Waals surface area contributed by atoms with Crippen LogP contribution in [0.15, 0.2) is 21.8 Å². The van der Waals surface area contributed by atoms with Gasteiger partial charge in [0.25, 0.3) is 5.91 Å². The van der Waals surface area contributed by atoms with Crippen molar-refractivity contribution in [2.45, 2.75) is 40.0 Å². The second-order valence-electron chi connectivity index (χ2n) is 7.39. The van der Waals surface area contributed by atoms with Crippen molar-refractivity contribution >= 4 is 33.5 Å². The lowest BCUT2D eigenvalue weighted by molar-refractivity contribution is -0.124. The topological polar surface area (TPSA) is 83.5 Å². The van der Waals surface area contributed by atoms with E-state index in [1.54, 1.807) is 12.3 Å². The van der Waals surface area contributed by atoms with E-state index < -0.39 is 11.9 Å². The highest BCUT2D eigenvalue weighted by atomic mass is 79.9. The molecular formula is C17H22BrN3O3. The average Bonchev–Trinajstić information content (AvgIpc) is 3.11. The zero-order valence-corrected chi connectivity index (χ0v) is 15.7. The Hall–Kier alpha value is -1.63. The zero-order valence-electron chi connectivity index (χ0n) is 14.1. The predicted octanol–water partition coefficient (Wildman–Crippen LogP) is 3.25. The minimum Gasteiger partial charge on any atom is -0.451 e. The first kappa shape index (κ1) is 17.2. The van der Waals surface area contributed by atoms with Gasteiger partial charge in [0, 0.05) is 21.8 Å². The van der Waals surface area contributed by atoms with Crippen LogP contribution in [0.3, 0.4) is 0 Å². The standard InChI is InChI=1S/C17H22BrN3O3/c1-16(2)10-4-5-17(16,3)13(6-10)20-21-14(22)9-24-15(23)12-7-11(18)8-19-12/h7-8,10,19H,4-6,9H2,1-3H3,(H,21,22). The monoisotopic (exact) mass is 395 g/mol. The number of amides is 1. The van der Waals surface area contributed by atoms with Crippen LogP contribution >= 0.6 is 15.9 Å². The fourth-order valence-corrected chi connectivity index (χ4v) is 4.30. The number of rotatable bonds is 4. The molecule has 2 N–H and O–H groups in total. The van der Waals surface area contributed by atoms with E-state index in [2.05, 4.69) is 52.2 Å². The van der Waals surface area contributed by atoms with E-state index >= 15 is 0 Å². The van der Waals surface area contributed by atoms with Crippen molar-refractivity contribution < 1.29 is 14.3 Å². The number of nitrogens with zero attached hydrogens (tertiary/aromatic N) is 1. The van der Waals surface area contributed by atoms with E-state index in [-0.39, 0.29) is 17.4 Å². The van der Waals surface area contributed by atoms with Gasteiger partial charge in [-0.2, -0.15) is 5.10 Å². The second kappa shape index (κ2) is 6.02. The lowest BCUT2D eigenvalue weighted by atomic mass is 9.70. The Morgan fingerprint density at radius 1 is 1.46 bits per heavy atom. The van der Waals surface area contributed by atoms with Crippen molar-refractivity contribution in [2.24, 2.45) is 21.8 Å². The molecule has 2 fully saturated rings. The number of esters is 1. The van der Waals surface area contributed by atoms with Gasteiger partial charge in [0.05, 0.1) is 0 Å². The Morgan fingerprint density at radius 2 is 2.21 bits per heavy atom. The van der Waals surface area contributed by atoms with Crippen LogP contribution in [0.2, 0.25) is 0 Å². The Balaban J connectivity index is 1.54. The first-order valence-corrected chi connectivity index (χ1v) is 8.90. The van der Waals surface area contributed by atoms with Crippen LogP contribution in [0.4, 0.5) is 0 Å². The molecule has 3 rings (SSSR count). The number of H-pyrrole nitrogens is 1. The maximum Gasteiger partial charge on any atom is 0.355 e. The molecule has 7 heteroatoms. The highest BCUT2D eigenvalue weighted by Gasteiger charge is 2.59. The molecule has 24 heavy (non-hydrogen) atoms. The van der Waals surface area contributed by atoms with Gasteiger partial charge in [-0.1, -0.05) is 20.8 Å². The molecule has 2 aliphatic carbocycles. The van der Waals surface area contributed by atoms with Crippen molar-refractivity contribution in [3.63, 3.8) is 0 Å². The zero-order chi connectivity index (χ0) is 17.5. The average molecular weight is 396 g/mol. The van der Waals surface area contributed by atoms with E-state index in [9.17, 15) is 9.59 Å². The Kier molecular flexibility index (Phi) is 4.32. The molecule has 0 aliphatic heterocycles. The van der Waals surface area contributed by atoms with Gasteiger partial charge in [0.2, 0.25) is 0 Å². The molecule has 2 aliphatic rings. The predicted molar refractivity (Wildman–Crippen MR) is 93.6 cm³/mol. The summed E-state index contributed by atoms with van der Waals surface area (Å²) in [6, 6.07) is 1.60. The number of aromatic nitrogens is 1. The summed E-state index contributed by atoms with van der Waals surface area (Å²) in [5.41, 5.74) is 4.14. The van der Waals surface area contributed by atoms with Gasteiger partial charge in [-0.05, 0) is 52.6 Å². The lowest BCUT2D eigenvalue weighted by Gasteiger charge is -2.34. The molecule has 2 unspecified atom stereocenters. The molecule has 2 bridgehead atoms. The van der Waals surface area contributed by atoms with Crippen LogP contribution in [0.25, 0.3) is 0 Å². The number of hydrogen-bond acceptors (Lipinski definition) is 4. The molecule has 1 aromatic heterocycles. The van der Waals surface area contributed by atoms with Crippen molar-refractivity contribution in [1.29, 1.82) is 0 Å². The first-order valence-electron chi connectivity index (χ1n) is 8.11. The maximum atomic E-state index is 11.9. The van der Waals surface area contributed by atoms with E-state index in [1.165, 1.54) is 6.42 Å². The minimum atomic E-state index is -0.573. The fraction of sp³-hybridized carbons (Fsp3) is 0.588. The van der Waals surface area contributed by atoms with Crippen molar-refractivity contribution in [2.75, 3.05) is 6.61 Å². The summed E-state index contributed by atoms with van der Waals surface area (Å²) in [6.45, 7) is 6.44. The number of ether oxygens (including phenoxy) is 1. The molecule has 1 heterocycles. The fourth-order valence-electron chi connectivity index (χ4n) is 3.95. The number of nitrogens with one attached hydrogen (secondary N) is 2. The van der Waals surface area contributed by atoms with Gasteiger partial charge < -0.3 is 9.72 Å². The highest BCUT2D eigenvalue weighted by molar-refractivity contribution is 9.10. The summed E-state index contributed by atoms with van der Waals surface area (Å²) >= 11 is 3.24. The number of hydrogen-bond donors (Lipinski definition) is 2. The van der Waals surface area contributed by atoms with Crippen molar-refractivity contribution in [3.05, 3.63) is 22.4 Å². The number of fused-ring (bicyclic) bond motifs is 2. The number of carbonyl (C=O) groups excluding carboxylic acids is 2. The van der Waals surface area contributed by atoms with E-state index in [0.29, 0.717) is 11.6 Å². The SMILES string of the molecule is CC12CCC(CC1=NNC(=O)COC(=O)c1cc(Br)c[nH]1)C2(C)C. The third-order valence-corrected chi connectivity index (χ3v) is 6.49. The molecule has 0 saturated heterocycles. The first-order chi connectivity index (χ1) is 11.2. The summed E-state index contributed by atoms with van der Waals surface area (Å²) in [5.74, 6) is -0.371. The van der Waals surface area contributed by atoms with Crippen LogP contribution in [0.1, 0.15) is 50.5 Å². The van der Waals surface area contributed by atoms with Gasteiger partial charge in [-0.3, -0.25) is 4.79 Å². The quantitative estimate of drug-likeness (QED) is 0.605. The Bertz CT molecular complexity index is 710. The molecule has 1 aromatic rings. The van der Waals surface area contributed by atoms with Crippen LogP contribution in [-0.4, -0.2) is 29.2 Å². The van der Waals surface area contributed by atoms with Crippen LogP contribution in [0.5, 0.6) is 0 Å². The van der Waals surface area contributed by atoms with Crippen LogP contribution in [-0.2, 0) is 9.53 Å². The van der Waals surface area contributed by atoms with Gasteiger partial charge in [0.1, 0.15) is 5.69 Å². The van der Waals surface area contributed by atoms with Crippen molar-refractivity contribution in [3.8, 4) is 0 Å². The summed E-state index contributed by atoms with van der Waals surface area (Å²) in [4.78, 5) is 26.4. The molecular weight excluding hydrogens is 374 g/mol.